The maximum atomic E-state index is 11.9. The van der Waals surface area contributed by atoms with E-state index in [1.54, 1.807) is 51.2 Å². The van der Waals surface area contributed by atoms with Crippen LogP contribution in [0.5, 0.6) is 0 Å². The van der Waals surface area contributed by atoms with E-state index in [1.165, 1.54) is 0 Å². The van der Waals surface area contributed by atoms with Crippen LogP contribution in [0.3, 0.4) is 0 Å². The van der Waals surface area contributed by atoms with E-state index in [0.717, 1.165) is 18.7 Å². The number of benzene rings is 1. The van der Waals surface area contributed by atoms with Crippen molar-refractivity contribution in [2.45, 2.75) is 65.4 Å². The molecular formula is C27H34N6O3. The fourth-order valence-electron chi connectivity index (χ4n) is 2.93. The highest BCUT2D eigenvalue weighted by molar-refractivity contribution is 5.81. The predicted octanol–water partition coefficient (Wildman–Crippen LogP) is 4.28. The molecule has 9 nitrogen and oxygen atoms in total. The summed E-state index contributed by atoms with van der Waals surface area (Å²) < 4.78 is 5.20. The van der Waals surface area contributed by atoms with Gasteiger partial charge in [-0.05, 0) is 57.9 Å². The van der Waals surface area contributed by atoms with Gasteiger partial charge in [0.15, 0.2) is 0 Å². The first-order chi connectivity index (χ1) is 17.2. The molecule has 1 aromatic carbocycles. The zero-order valence-electron chi connectivity index (χ0n) is 21.4. The van der Waals surface area contributed by atoms with Gasteiger partial charge in [-0.25, -0.2) is 4.98 Å². The molecule has 1 aromatic heterocycles. The molecule has 1 amide bonds. The summed E-state index contributed by atoms with van der Waals surface area (Å²) in [6.07, 6.45) is 4.04. The number of hydrogen-bond acceptors (Lipinski definition) is 8. The minimum absolute atomic E-state index is 0.0620. The molecule has 0 saturated heterocycles. The van der Waals surface area contributed by atoms with Crippen LogP contribution in [0, 0.1) is 23.2 Å². The van der Waals surface area contributed by atoms with Crippen molar-refractivity contribution in [1.82, 2.24) is 15.3 Å². The number of carbonyl (C=O) groups is 2. The summed E-state index contributed by atoms with van der Waals surface area (Å²) in [6.45, 7) is 8.68. The molecule has 0 spiro atoms. The van der Waals surface area contributed by atoms with Gasteiger partial charge in [0.2, 0.25) is 11.9 Å². The first-order valence-corrected chi connectivity index (χ1v) is 12.1. The number of esters is 1. The van der Waals surface area contributed by atoms with E-state index < -0.39 is 5.60 Å². The number of rotatable bonds is 11. The van der Waals surface area contributed by atoms with Crippen LogP contribution in [0.2, 0.25) is 0 Å². The fraction of sp³-hybridized carbons (Fsp3) is 0.444. The van der Waals surface area contributed by atoms with Crippen LogP contribution in [0.1, 0.15) is 70.9 Å². The van der Waals surface area contributed by atoms with Crippen molar-refractivity contribution in [3.63, 3.8) is 0 Å². The largest absolute Gasteiger partial charge is 0.460 e. The van der Waals surface area contributed by atoms with Crippen LogP contribution < -0.4 is 16.0 Å². The van der Waals surface area contributed by atoms with Gasteiger partial charge in [0, 0.05) is 31.6 Å². The summed E-state index contributed by atoms with van der Waals surface area (Å²) in [5, 5.41) is 18.1. The Morgan fingerprint density at radius 1 is 1.11 bits per heavy atom. The number of nitrogens with one attached hydrogen (secondary N) is 3. The molecule has 0 radical (unpaired) electrons. The molecule has 9 heteroatoms. The number of anilines is 3. The first-order valence-electron chi connectivity index (χ1n) is 12.1. The third-order valence-electron chi connectivity index (χ3n) is 4.60. The van der Waals surface area contributed by atoms with Crippen LogP contribution in [0.15, 0.2) is 30.5 Å². The molecule has 0 unspecified atom stereocenters. The number of carbonyl (C=O) groups excluding carboxylic acids is 2. The van der Waals surface area contributed by atoms with Crippen molar-refractivity contribution >= 4 is 29.3 Å². The number of ether oxygens (including phenoxy) is 1. The molecule has 36 heavy (non-hydrogen) atoms. The monoisotopic (exact) mass is 490 g/mol. The van der Waals surface area contributed by atoms with Crippen molar-refractivity contribution in [3.8, 4) is 17.9 Å². The minimum atomic E-state index is -0.551. The second-order valence-electron chi connectivity index (χ2n) is 9.04. The number of unbranched alkanes of at least 4 members (excludes halogenated alkanes) is 1. The topological polar surface area (TPSA) is 129 Å². The lowest BCUT2D eigenvalue weighted by atomic mass is 10.2. The van der Waals surface area contributed by atoms with Crippen molar-refractivity contribution < 1.29 is 14.3 Å². The molecular weight excluding hydrogens is 456 g/mol. The van der Waals surface area contributed by atoms with E-state index in [9.17, 15) is 9.59 Å². The third kappa shape index (κ3) is 10.9. The van der Waals surface area contributed by atoms with Gasteiger partial charge in [-0.3, -0.25) is 9.59 Å². The standard InChI is InChI=1S/C27H34N6O3/c1-5-16-30-25-21(19-31-26(33-25)32-22-12-10-20(18-28)11-13-22)9-7-6-8-17-29-23(34)14-15-24(35)36-27(2,3)4/h10-13,19H,5-6,8,14-17H2,1-4H3,(H,29,34)(H2,30,31,32,33). The van der Waals surface area contributed by atoms with Gasteiger partial charge in [0.25, 0.3) is 0 Å². The first kappa shape index (κ1) is 28.1. The van der Waals surface area contributed by atoms with E-state index in [2.05, 4.69) is 50.8 Å². The van der Waals surface area contributed by atoms with Crippen molar-refractivity contribution in [3.05, 3.63) is 41.6 Å². The van der Waals surface area contributed by atoms with Gasteiger partial charge in [0.05, 0.1) is 29.8 Å². The normalized spacial score (nSPS) is 10.4. The third-order valence-corrected chi connectivity index (χ3v) is 4.60. The van der Waals surface area contributed by atoms with Crippen LogP contribution in [0.25, 0.3) is 0 Å². The lowest BCUT2D eigenvalue weighted by Crippen LogP contribution is -2.27. The van der Waals surface area contributed by atoms with E-state index >= 15 is 0 Å². The zero-order chi connectivity index (χ0) is 26.4. The van der Waals surface area contributed by atoms with Crippen LogP contribution >= 0.6 is 0 Å². The molecule has 0 atom stereocenters. The maximum Gasteiger partial charge on any atom is 0.306 e. The van der Waals surface area contributed by atoms with Crippen molar-refractivity contribution in [2.75, 3.05) is 23.7 Å². The SMILES string of the molecule is CCCNc1nc(Nc2ccc(C#N)cc2)ncc1C#CCCCNC(=O)CCC(=O)OC(C)(C)C. The average molecular weight is 491 g/mol. The van der Waals surface area contributed by atoms with Crippen molar-refractivity contribution in [1.29, 1.82) is 5.26 Å². The Balaban J connectivity index is 1.84. The molecule has 190 valence electrons. The second-order valence-corrected chi connectivity index (χ2v) is 9.04. The van der Waals surface area contributed by atoms with Gasteiger partial charge in [-0.2, -0.15) is 10.2 Å². The molecule has 3 N–H and O–H groups in total. The lowest BCUT2D eigenvalue weighted by Gasteiger charge is -2.19. The van der Waals surface area contributed by atoms with Crippen LogP contribution in [-0.2, 0) is 14.3 Å². The minimum Gasteiger partial charge on any atom is -0.460 e. The Bertz CT molecular complexity index is 1120. The maximum absolute atomic E-state index is 11.9. The summed E-state index contributed by atoms with van der Waals surface area (Å²) in [4.78, 5) is 32.5. The Hall–Kier alpha value is -4.11. The zero-order valence-corrected chi connectivity index (χ0v) is 21.4. The molecule has 0 aliphatic rings. The lowest BCUT2D eigenvalue weighted by molar-refractivity contribution is -0.155. The highest BCUT2D eigenvalue weighted by Crippen LogP contribution is 2.18. The summed E-state index contributed by atoms with van der Waals surface area (Å²) in [7, 11) is 0. The Labute approximate surface area is 213 Å². The highest BCUT2D eigenvalue weighted by atomic mass is 16.6. The van der Waals surface area contributed by atoms with Crippen LogP contribution in [-0.4, -0.2) is 40.5 Å². The molecule has 0 aliphatic heterocycles. The van der Waals surface area contributed by atoms with Crippen LogP contribution in [0.4, 0.5) is 17.5 Å². The Kier molecular flexibility index (Phi) is 11.2. The summed E-state index contributed by atoms with van der Waals surface area (Å²) >= 11 is 0. The van der Waals surface area contributed by atoms with Gasteiger partial charge in [0.1, 0.15) is 11.4 Å². The Morgan fingerprint density at radius 2 is 1.86 bits per heavy atom. The van der Waals surface area contributed by atoms with E-state index in [-0.39, 0.29) is 24.7 Å². The number of nitrogens with zero attached hydrogens (tertiary/aromatic N) is 3. The molecule has 2 aromatic rings. The number of aromatic nitrogens is 2. The molecule has 0 saturated carbocycles. The number of nitriles is 1. The highest BCUT2D eigenvalue weighted by Gasteiger charge is 2.16. The van der Waals surface area contributed by atoms with E-state index in [1.807, 2.05) is 0 Å². The molecule has 0 fully saturated rings. The molecule has 2 rings (SSSR count). The number of amides is 1. The van der Waals surface area contributed by atoms with Gasteiger partial charge in [-0.15, -0.1) is 0 Å². The predicted molar refractivity (Wildman–Crippen MR) is 139 cm³/mol. The van der Waals surface area contributed by atoms with Gasteiger partial charge >= 0.3 is 5.97 Å². The summed E-state index contributed by atoms with van der Waals surface area (Å²) in [5.74, 6) is 6.72. The fourth-order valence-corrected chi connectivity index (χ4v) is 2.93. The number of hydrogen-bond donors (Lipinski definition) is 3. The van der Waals surface area contributed by atoms with Gasteiger partial charge in [-0.1, -0.05) is 18.8 Å². The van der Waals surface area contributed by atoms with Crippen molar-refractivity contribution in [2.24, 2.45) is 0 Å². The summed E-state index contributed by atoms with van der Waals surface area (Å²) in [6, 6.07) is 9.13. The van der Waals surface area contributed by atoms with Gasteiger partial charge < -0.3 is 20.7 Å². The molecule has 1 heterocycles. The summed E-state index contributed by atoms with van der Waals surface area (Å²) in [5.41, 5.74) is 1.50. The smallest absolute Gasteiger partial charge is 0.306 e. The molecule has 0 bridgehead atoms. The Morgan fingerprint density at radius 3 is 2.53 bits per heavy atom. The second kappa shape index (κ2) is 14.3. The van der Waals surface area contributed by atoms with E-state index in [0.29, 0.717) is 42.3 Å². The quantitative estimate of drug-likeness (QED) is 0.242. The average Bonchev–Trinajstić information content (AvgIpc) is 2.84. The molecule has 0 aliphatic carbocycles. The van der Waals surface area contributed by atoms with E-state index in [4.69, 9.17) is 10.00 Å².